The molecule has 3 unspecified atom stereocenters. The Labute approximate surface area is 122 Å². The molecule has 2 rings (SSSR count). The maximum Gasteiger partial charge on any atom is 0.237 e. The van der Waals surface area contributed by atoms with Gasteiger partial charge in [-0.1, -0.05) is 0 Å². The standard InChI is InChI=1S/C15H28N2O3/c1-11-8-17(9-15(20-11)6-7-19-10-15)12(2)13(18)16-14(3,4)5/h11-12H,6-10H2,1-5H3,(H,16,18). The first-order chi connectivity index (χ1) is 9.21. The van der Waals surface area contributed by atoms with Crippen LogP contribution in [0.1, 0.15) is 41.0 Å². The van der Waals surface area contributed by atoms with Crippen molar-refractivity contribution in [1.82, 2.24) is 10.2 Å². The van der Waals surface area contributed by atoms with E-state index in [0.717, 1.165) is 26.1 Å². The van der Waals surface area contributed by atoms with Gasteiger partial charge in [-0.15, -0.1) is 0 Å². The monoisotopic (exact) mass is 284 g/mol. The molecule has 2 fully saturated rings. The summed E-state index contributed by atoms with van der Waals surface area (Å²) in [6.45, 7) is 13.0. The van der Waals surface area contributed by atoms with Crippen molar-refractivity contribution in [1.29, 1.82) is 0 Å². The molecular formula is C15H28N2O3. The third-order valence-electron chi connectivity index (χ3n) is 3.93. The molecule has 0 aromatic heterocycles. The quantitative estimate of drug-likeness (QED) is 0.827. The molecule has 0 radical (unpaired) electrons. The third-order valence-corrected chi connectivity index (χ3v) is 3.93. The lowest BCUT2D eigenvalue weighted by Crippen LogP contribution is -2.61. The average molecular weight is 284 g/mol. The molecule has 1 amide bonds. The topological polar surface area (TPSA) is 50.8 Å². The summed E-state index contributed by atoms with van der Waals surface area (Å²) in [4.78, 5) is 14.6. The summed E-state index contributed by atoms with van der Waals surface area (Å²) in [6.07, 6.45) is 1.05. The van der Waals surface area contributed by atoms with E-state index >= 15 is 0 Å². The van der Waals surface area contributed by atoms with E-state index in [1.807, 2.05) is 27.7 Å². The first-order valence-corrected chi connectivity index (χ1v) is 7.52. The molecule has 3 atom stereocenters. The Morgan fingerprint density at radius 3 is 2.70 bits per heavy atom. The van der Waals surface area contributed by atoms with Gasteiger partial charge in [-0.3, -0.25) is 9.69 Å². The molecule has 0 aromatic carbocycles. The minimum Gasteiger partial charge on any atom is -0.378 e. The second-order valence-electron chi connectivity index (χ2n) is 7.26. The molecule has 0 aliphatic carbocycles. The Kier molecular flexibility index (Phi) is 4.42. The van der Waals surface area contributed by atoms with E-state index in [9.17, 15) is 4.79 Å². The van der Waals surface area contributed by atoms with Gasteiger partial charge >= 0.3 is 0 Å². The van der Waals surface area contributed by atoms with Crippen LogP contribution in [-0.4, -0.2) is 60.4 Å². The summed E-state index contributed by atoms with van der Waals surface area (Å²) in [5.41, 5.74) is -0.411. The maximum absolute atomic E-state index is 12.3. The van der Waals surface area contributed by atoms with Crippen molar-refractivity contribution in [2.75, 3.05) is 26.3 Å². The summed E-state index contributed by atoms with van der Waals surface area (Å²) < 4.78 is 11.6. The van der Waals surface area contributed by atoms with Crippen molar-refractivity contribution in [3.8, 4) is 0 Å². The third kappa shape index (κ3) is 3.71. The van der Waals surface area contributed by atoms with Crippen LogP contribution in [0.4, 0.5) is 0 Å². The van der Waals surface area contributed by atoms with E-state index < -0.39 is 0 Å². The lowest BCUT2D eigenvalue weighted by Gasteiger charge is -2.45. The van der Waals surface area contributed by atoms with Gasteiger partial charge in [0.05, 0.1) is 18.8 Å². The second kappa shape index (κ2) is 5.62. The number of carbonyl (C=O) groups is 1. The van der Waals surface area contributed by atoms with Gasteiger partial charge in [-0.25, -0.2) is 0 Å². The zero-order valence-corrected chi connectivity index (χ0v) is 13.4. The predicted octanol–water partition coefficient (Wildman–Crippen LogP) is 1.17. The highest BCUT2D eigenvalue weighted by atomic mass is 16.6. The normalized spacial score (nSPS) is 33.4. The molecule has 2 saturated heterocycles. The molecule has 2 heterocycles. The van der Waals surface area contributed by atoms with Crippen LogP contribution in [0.5, 0.6) is 0 Å². The number of amides is 1. The van der Waals surface area contributed by atoms with Crippen LogP contribution in [0, 0.1) is 0 Å². The van der Waals surface area contributed by atoms with Crippen molar-refractivity contribution in [3.63, 3.8) is 0 Å². The molecular weight excluding hydrogens is 256 g/mol. The Hall–Kier alpha value is -0.650. The van der Waals surface area contributed by atoms with Gasteiger partial charge in [-0.2, -0.15) is 0 Å². The average Bonchev–Trinajstić information content (AvgIpc) is 2.72. The van der Waals surface area contributed by atoms with Gasteiger partial charge in [0, 0.05) is 31.7 Å². The number of morpholine rings is 1. The first kappa shape index (κ1) is 15.7. The highest BCUT2D eigenvalue weighted by Crippen LogP contribution is 2.30. The van der Waals surface area contributed by atoms with Gasteiger partial charge in [0.2, 0.25) is 5.91 Å². The number of nitrogens with one attached hydrogen (secondary N) is 1. The van der Waals surface area contributed by atoms with Crippen molar-refractivity contribution < 1.29 is 14.3 Å². The highest BCUT2D eigenvalue weighted by Gasteiger charge is 2.44. The molecule has 2 aliphatic heterocycles. The molecule has 2 aliphatic rings. The van der Waals surface area contributed by atoms with E-state index in [0.29, 0.717) is 6.61 Å². The van der Waals surface area contributed by atoms with Gasteiger partial charge in [0.1, 0.15) is 5.60 Å². The Bertz CT molecular complexity index is 359. The number of nitrogens with zero attached hydrogens (tertiary/aromatic N) is 1. The smallest absolute Gasteiger partial charge is 0.237 e. The fourth-order valence-corrected chi connectivity index (χ4v) is 3.01. The number of rotatable bonds is 2. The van der Waals surface area contributed by atoms with Crippen LogP contribution >= 0.6 is 0 Å². The fourth-order valence-electron chi connectivity index (χ4n) is 3.01. The van der Waals surface area contributed by atoms with Crippen molar-refractivity contribution in [2.24, 2.45) is 0 Å². The SMILES string of the molecule is CC1CN(C(C)C(=O)NC(C)(C)C)CC2(CCOC2)O1. The molecule has 0 saturated carbocycles. The lowest BCUT2D eigenvalue weighted by atomic mass is 9.98. The van der Waals surface area contributed by atoms with Crippen LogP contribution in [0.3, 0.4) is 0 Å². The van der Waals surface area contributed by atoms with E-state index in [4.69, 9.17) is 9.47 Å². The van der Waals surface area contributed by atoms with Crippen molar-refractivity contribution in [3.05, 3.63) is 0 Å². The predicted molar refractivity (Wildman–Crippen MR) is 77.6 cm³/mol. The van der Waals surface area contributed by atoms with Crippen LogP contribution in [0.25, 0.3) is 0 Å². The molecule has 1 N–H and O–H groups in total. The minimum absolute atomic E-state index is 0.0839. The van der Waals surface area contributed by atoms with Crippen LogP contribution < -0.4 is 5.32 Å². The first-order valence-electron chi connectivity index (χ1n) is 7.52. The number of hydrogen-bond acceptors (Lipinski definition) is 4. The van der Waals surface area contributed by atoms with Gasteiger partial charge in [0.15, 0.2) is 0 Å². The number of carbonyl (C=O) groups excluding carboxylic acids is 1. The summed E-state index contributed by atoms with van der Waals surface area (Å²) in [6, 6.07) is -0.141. The molecule has 5 heteroatoms. The van der Waals surface area contributed by atoms with E-state index in [1.54, 1.807) is 0 Å². The van der Waals surface area contributed by atoms with E-state index in [-0.39, 0.29) is 29.2 Å². The van der Waals surface area contributed by atoms with Crippen molar-refractivity contribution >= 4 is 5.91 Å². The van der Waals surface area contributed by atoms with Gasteiger partial charge in [0.25, 0.3) is 0 Å². The Balaban J connectivity index is 2.01. The Morgan fingerprint density at radius 1 is 1.45 bits per heavy atom. The van der Waals surface area contributed by atoms with Gasteiger partial charge in [-0.05, 0) is 34.6 Å². The van der Waals surface area contributed by atoms with E-state index in [1.165, 1.54) is 0 Å². The summed E-state index contributed by atoms with van der Waals surface area (Å²) >= 11 is 0. The van der Waals surface area contributed by atoms with E-state index in [2.05, 4.69) is 17.1 Å². The lowest BCUT2D eigenvalue weighted by molar-refractivity contribution is -0.160. The highest BCUT2D eigenvalue weighted by molar-refractivity contribution is 5.82. The van der Waals surface area contributed by atoms with Crippen LogP contribution in [0.15, 0.2) is 0 Å². The molecule has 116 valence electrons. The zero-order valence-electron chi connectivity index (χ0n) is 13.4. The summed E-state index contributed by atoms with van der Waals surface area (Å²) in [5, 5.41) is 3.06. The molecule has 20 heavy (non-hydrogen) atoms. The fraction of sp³-hybridized carbons (Fsp3) is 0.933. The number of ether oxygens (including phenoxy) is 2. The second-order valence-corrected chi connectivity index (χ2v) is 7.26. The molecule has 0 aromatic rings. The largest absolute Gasteiger partial charge is 0.378 e. The summed E-state index contributed by atoms with van der Waals surface area (Å²) in [7, 11) is 0. The molecule has 0 bridgehead atoms. The molecule has 5 nitrogen and oxygen atoms in total. The van der Waals surface area contributed by atoms with Crippen LogP contribution in [0.2, 0.25) is 0 Å². The van der Waals surface area contributed by atoms with Gasteiger partial charge < -0.3 is 14.8 Å². The molecule has 1 spiro atoms. The van der Waals surface area contributed by atoms with Crippen molar-refractivity contribution in [2.45, 2.75) is 64.3 Å². The van der Waals surface area contributed by atoms with Crippen LogP contribution in [-0.2, 0) is 14.3 Å². The summed E-state index contributed by atoms with van der Waals surface area (Å²) in [5.74, 6) is 0.0839. The minimum atomic E-state index is -0.214. The zero-order chi connectivity index (χ0) is 15.0. The number of hydrogen-bond donors (Lipinski definition) is 1. The maximum atomic E-state index is 12.3. The Morgan fingerprint density at radius 2 is 2.15 bits per heavy atom.